The van der Waals surface area contributed by atoms with Crippen LogP contribution in [0.25, 0.3) is 0 Å². The zero-order valence-corrected chi connectivity index (χ0v) is 13.0. The van der Waals surface area contributed by atoms with Crippen molar-refractivity contribution in [3.63, 3.8) is 0 Å². The molecular formula is C16H26N2O2. The highest BCUT2D eigenvalue weighted by atomic mass is 16.5. The van der Waals surface area contributed by atoms with E-state index in [0.717, 1.165) is 49.6 Å². The molecule has 0 aromatic heterocycles. The minimum Gasteiger partial charge on any atom is -0.508 e. The molecule has 1 aromatic rings. The van der Waals surface area contributed by atoms with E-state index < -0.39 is 0 Å². The molecule has 1 heterocycles. The largest absolute Gasteiger partial charge is 0.508 e. The van der Waals surface area contributed by atoms with Gasteiger partial charge in [-0.05, 0) is 17.5 Å². The van der Waals surface area contributed by atoms with Crippen molar-refractivity contribution in [1.29, 1.82) is 0 Å². The Labute approximate surface area is 121 Å². The third-order valence-electron chi connectivity index (χ3n) is 3.81. The Hall–Kier alpha value is -1.26. The standard InChI is InChI=1S/C16H26N2O2/c1-16(2,3)13-10-15(20-4)12(9-14(13)19)11-18-7-5-17-6-8-18/h9-10,17,19H,5-8,11H2,1-4H3. The molecule has 2 rings (SSSR count). The number of phenols is 1. The van der Waals surface area contributed by atoms with Crippen LogP contribution in [0.15, 0.2) is 12.1 Å². The summed E-state index contributed by atoms with van der Waals surface area (Å²) in [5.74, 6) is 1.23. The SMILES string of the molecule is COc1cc(C(C)(C)C)c(O)cc1CN1CCNCC1. The van der Waals surface area contributed by atoms with Crippen molar-refractivity contribution in [2.75, 3.05) is 33.3 Å². The molecule has 20 heavy (non-hydrogen) atoms. The molecule has 4 nitrogen and oxygen atoms in total. The first-order valence-corrected chi connectivity index (χ1v) is 7.25. The molecule has 1 saturated heterocycles. The second-order valence-electron chi connectivity index (χ2n) is 6.46. The Bertz CT molecular complexity index is 460. The van der Waals surface area contributed by atoms with E-state index in [1.807, 2.05) is 12.1 Å². The number of nitrogens with zero attached hydrogens (tertiary/aromatic N) is 1. The van der Waals surface area contributed by atoms with Crippen LogP contribution in [0.2, 0.25) is 0 Å². The number of methoxy groups -OCH3 is 1. The first-order valence-electron chi connectivity index (χ1n) is 7.25. The third-order valence-corrected chi connectivity index (χ3v) is 3.81. The molecular weight excluding hydrogens is 252 g/mol. The highest BCUT2D eigenvalue weighted by molar-refractivity contribution is 5.48. The lowest BCUT2D eigenvalue weighted by atomic mass is 9.85. The molecule has 0 aliphatic carbocycles. The number of aromatic hydroxyl groups is 1. The Morgan fingerprint density at radius 1 is 1.25 bits per heavy atom. The van der Waals surface area contributed by atoms with Gasteiger partial charge in [-0.1, -0.05) is 20.8 Å². The van der Waals surface area contributed by atoms with Crippen LogP contribution in [0.5, 0.6) is 11.5 Å². The summed E-state index contributed by atoms with van der Waals surface area (Å²) in [6, 6.07) is 3.84. The van der Waals surface area contributed by atoms with Crippen molar-refractivity contribution in [3.05, 3.63) is 23.3 Å². The van der Waals surface area contributed by atoms with Gasteiger partial charge in [0.1, 0.15) is 11.5 Å². The van der Waals surface area contributed by atoms with Gasteiger partial charge in [-0.3, -0.25) is 4.90 Å². The molecule has 0 amide bonds. The summed E-state index contributed by atoms with van der Waals surface area (Å²) in [6.45, 7) is 11.2. The van der Waals surface area contributed by atoms with E-state index in [0.29, 0.717) is 5.75 Å². The lowest BCUT2D eigenvalue weighted by Crippen LogP contribution is -2.42. The summed E-state index contributed by atoms with van der Waals surface area (Å²) in [6.07, 6.45) is 0. The van der Waals surface area contributed by atoms with Crippen molar-refractivity contribution in [2.24, 2.45) is 0 Å². The number of ether oxygens (including phenoxy) is 1. The van der Waals surface area contributed by atoms with E-state index in [1.54, 1.807) is 7.11 Å². The van der Waals surface area contributed by atoms with Crippen LogP contribution < -0.4 is 10.1 Å². The van der Waals surface area contributed by atoms with Gasteiger partial charge in [0.15, 0.2) is 0 Å². The van der Waals surface area contributed by atoms with Crippen LogP contribution in [-0.2, 0) is 12.0 Å². The van der Waals surface area contributed by atoms with Crippen molar-refractivity contribution in [3.8, 4) is 11.5 Å². The number of rotatable bonds is 3. The minimum atomic E-state index is -0.0923. The van der Waals surface area contributed by atoms with Gasteiger partial charge >= 0.3 is 0 Å². The average molecular weight is 278 g/mol. The Morgan fingerprint density at radius 2 is 1.90 bits per heavy atom. The molecule has 0 bridgehead atoms. The zero-order valence-electron chi connectivity index (χ0n) is 13.0. The number of hydrogen-bond donors (Lipinski definition) is 2. The number of phenolic OH excluding ortho intramolecular Hbond substituents is 1. The fourth-order valence-corrected chi connectivity index (χ4v) is 2.64. The molecule has 2 N–H and O–H groups in total. The topological polar surface area (TPSA) is 44.7 Å². The first kappa shape index (κ1) is 15.1. The fourth-order valence-electron chi connectivity index (χ4n) is 2.64. The molecule has 112 valence electrons. The molecule has 4 heteroatoms. The van der Waals surface area contributed by atoms with Gasteiger partial charge in [0, 0.05) is 43.9 Å². The summed E-state index contributed by atoms with van der Waals surface area (Å²) < 4.78 is 5.52. The summed E-state index contributed by atoms with van der Waals surface area (Å²) in [7, 11) is 1.69. The van der Waals surface area contributed by atoms with Crippen molar-refractivity contribution < 1.29 is 9.84 Å². The number of piperazine rings is 1. The van der Waals surface area contributed by atoms with Crippen LogP contribution in [0.3, 0.4) is 0 Å². The van der Waals surface area contributed by atoms with E-state index >= 15 is 0 Å². The Kier molecular flexibility index (Phi) is 4.55. The van der Waals surface area contributed by atoms with Crippen LogP contribution in [0, 0.1) is 0 Å². The molecule has 0 saturated carbocycles. The van der Waals surface area contributed by atoms with E-state index in [9.17, 15) is 5.11 Å². The van der Waals surface area contributed by atoms with Gasteiger partial charge in [0.05, 0.1) is 7.11 Å². The minimum absolute atomic E-state index is 0.0923. The molecule has 0 unspecified atom stereocenters. The number of benzene rings is 1. The Balaban J connectivity index is 2.26. The fraction of sp³-hybridized carbons (Fsp3) is 0.625. The molecule has 1 aliphatic rings. The van der Waals surface area contributed by atoms with E-state index in [2.05, 4.69) is 31.0 Å². The molecule has 1 aromatic carbocycles. The molecule has 0 spiro atoms. The maximum Gasteiger partial charge on any atom is 0.123 e. The van der Waals surface area contributed by atoms with Gasteiger partial charge in [0.2, 0.25) is 0 Å². The van der Waals surface area contributed by atoms with Crippen LogP contribution in [-0.4, -0.2) is 43.3 Å². The molecule has 0 radical (unpaired) electrons. The highest BCUT2D eigenvalue weighted by Crippen LogP contribution is 2.36. The quantitative estimate of drug-likeness (QED) is 0.889. The lowest BCUT2D eigenvalue weighted by molar-refractivity contribution is 0.229. The molecule has 1 aliphatic heterocycles. The van der Waals surface area contributed by atoms with Crippen molar-refractivity contribution in [2.45, 2.75) is 32.7 Å². The Morgan fingerprint density at radius 3 is 2.45 bits per heavy atom. The normalized spacial score (nSPS) is 17.2. The van der Waals surface area contributed by atoms with Gasteiger partial charge in [-0.25, -0.2) is 0 Å². The van der Waals surface area contributed by atoms with Gasteiger partial charge in [-0.2, -0.15) is 0 Å². The monoisotopic (exact) mass is 278 g/mol. The van der Waals surface area contributed by atoms with E-state index in [4.69, 9.17) is 4.74 Å². The second kappa shape index (κ2) is 6.02. The van der Waals surface area contributed by atoms with E-state index in [1.165, 1.54) is 0 Å². The van der Waals surface area contributed by atoms with Crippen molar-refractivity contribution >= 4 is 0 Å². The smallest absolute Gasteiger partial charge is 0.123 e. The van der Waals surface area contributed by atoms with Crippen molar-refractivity contribution in [1.82, 2.24) is 10.2 Å². The molecule has 1 fully saturated rings. The highest BCUT2D eigenvalue weighted by Gasteiger charge is 2.22. The van der Waals surface area contributed by atoms with Gasteiger partial charge in [0.25, 0.3) is 0 Å². The van der Waals surface area contributed by atoms with Crippen LogP contribution in [0.1, 0.15) is 31.9 Å². The van der Waals surface area contributed by atoms with E-state index in [-0.39, 0.29) is 5.41 Å². The van der Waals surface area contributed by atoms with Gasteiger partial charge < -0.3 is 15.2 Å². The predicted molar refractivity (Wildman–Crippen MR) is 81.5 cm³/mol. The zero-order chi connectivity index (χ0) is 14.8. The summed E-state index contributed by atoms with van der Waals surface area (Å²) in [5, 5.41) is 13.6. The number of nitrogens with one attached hydrogen (secondary N) is 1. The maximum atomic E-state index is 10.3. The summed E-state index contributed by atoms with van der Waals surface area (Å²) in [5.41, 5.74) is 1.89. The summed E-state index contributed by atoms with van der Waals surface area (Å²) in [4.78, 5) is 2.38. The van der Waals surface area contributed by atoms with Crippen LogP contribution in [0.4, 0.5) is 0 Å². The summed E-state index contributed by atoms with van der Waals surface area (Å²) >= 11 is 0. The third kappa shape index (κ3) is 3.44. The molecule has 0 atom stereocenters. The lowest BCUT2D eigenvalue weighted by Gasteiger charge is -2.28. The maximum absolute atomic E-state index is 10.3. The van der Waals surface area contributed by atoms with Crippen LogP contribution >= 0.6 is 0 Å². The first-order chi connectivity index (χ1) is 9.41. The van der Waals surface area contributed by atoms with Gasteiger partial charge in [-0.15, -0.1) is 0 Å². The second-order valence-corrected chi connectivity index (χ2v) is 6.46. The average Bonchev–Trinajstić information content (AvgIpc) is 2.38. The number of hydrogen-bond acceptors (Lipinski definition) is 4. The predicted octanol–water partition coefficient (Wildman–Crippen LogP) is 2.10.